The third-order valence-corrected chi connectivity index (χ3v) is 2.63. The van der Waals surface area contributed by atoms with Gasteiger partial charge in [0.2, 0.25) is 0 Å². The summed E-state index contributed by atoms with van der Waals surface area (Å²) in [5.74, 6) is 2.27. The van der Waals surface area contributed by atoms with Crippen molar-refractivity contribution >= 4 is 0 Å². The van der Waals surface area contributed by atoms with Gasteiger partial charge >= 0.3 is 0 Å². The zero-order valence-corrected chi connectivity index (χ0v) is 10.6. The highest BCUT2D eigenvalue weighted by Crippen LogP contribution is 2.27. The Hall–Kier alpha value is -1.94. The summed E-state index contributed by atoms with van der Waals surface area (Å²) in [5.41, 5.74) is 1.10. The monoisotopic (exact) mass is 247 g/mol. The lowest BCUT2D eigenvalue weighted by atomic mass is 10.2. The van der Waals surface area contributed by atoms with Crippen molar-refractivity contribution in [3.63, 3.8) is 0 Å². The van der Waals surface area contributed by atoms with Crippen LogP contribution in [0.3, 0.4) is 0 Å². The maximum atomic E-state index is 5.71. The van der Waals surface area contributed by atoms with Crippen LogP contribution in [0.2, 0.25) is 0 Å². The predicted octanol–water partition coefficient (Wildman–Crippen LogP) is 2.59. The minimum atomic E-state index is 0.393. The van der Waals surface area contributed by atoms with Gasteiger partial charge in [-0.15, -0.1) is 0 Å². The molecule has 0 atom stereocenters. The average Bonchev–Trinajstić information content (AvgIpc) is 2.84. The third-order valence-electron chi connectivity index (χ3n) is 2.63. The molecular weight excluding hydrogens is 230 g/mol. The normalized spacial score (nSPS) is 10.3. The van der Waals surface area contributed by atoms with Crippen LogP contribution in [-0.2, 0) is 13.2 Å². The lowest BCUT2D eigenvalue weighted by molar-refractivity contribution is 0.254. The fourth-order valence-electron chi connectivity index (χ4n) is 1.72. The van der Waals surface area contributed by atoms with Crippen molar-refractivity contribution in [2.75, 3.05) is 14.2 Å². The molecule has 0 aliphatic heterocycles. The molecule has 0 aliphatic rings. The number of benzene rings is 1. The van der Waals surface area contributed by atoms with Gasteiger partial charge in [-0.3, -0.25) is 0 Å². The van der Waals surface area contributed by atoms with Crippen molar-refractivity contribution in [1.29, 1.82) is 0 Å². The summed E-state index contributed by atoms with van der Waals surface area (Å²) in [4.78, 5) is 0. The standard InChI is InChI=1S/C14H17NO3/c1-15-9-11-7-8-17-14(11)10-18-13-6-4-3-5-12(13)16-2/h3-8,15H,9-10H2,1-2H3. The van der Waals surface area contributed by atoms with Crippen LogP contribution < -0.4 is 14.8 Å². The number of methoxy groups -OCH3 is 1. The van der Waals surface area contributed by atoms with E-state index in [4.69, 9.17) is 13.9 Å². The maximum Gasteiger partial charge on any atom is 0.161 e. The Morgan fingerprint density at radius 3 is 2.67 bits per heavy atom. The summed E-state index contributed by atoms with van der Waals surface area (Å²) in [5, 5.41) is 3.09. The topological polar surface area (TPSA) is 43.6 Å². The van der Waals surface area contributed by atoms with Gasteiger partial charge in [-0.1, -0.05) is 12.1 Å². The van der Waals surface area contributed by atoms with Crippen LogP contribution in [0.15, 0.2) is 41.0 Å². The molecule has 0 amide bonds. The van der Waals surface area contributed by atoms with Crippen LogP contribution in [0, 0.1) is 0 Å². The van der Waals surface area contributed by atoms with E-state index in [2.05, 4.69) is 5.32 Å². The Morgan fingerprint density at radius 1 is 1.17 bits per heavy atom. The Kier molecular flexibility index (Phi) is 4.25. The molecule has 0 unspecified atom stereocenters. The predicted molar refractivity (Wildman–Crippen MR) is 68.8 cm³/mol. The number of ether oxygens (including phenoxy) is 2. The van der Waals surface area contributed by atoms with Gasteiger partial charge in [0.25, 0.3) is 0 Å². The van der Waals surface area contributed by atoms with Crippen molar-refractivity contribution in [1.82, 2.24) is 5.32 Å². The van der Waals surface area contributed by atoms with Crippen LogP contribution in [-0.4, -0.2) is 14.2 Å². The molecule has 0 saturated heterocycles. The second-order valence-corrected chi connectivity index (χ2v) is 3.84. The van der Waals surface area contributed by atoms with Crippen molar-refractivity contribution in [2.45, 2.75) is 13.2 Å². The summed E-state index contributed by atoms with van der Waals surface area (Å²) in [7, 11) is 3.53. The maximum absolute atomic E-state index is 5.71. The van der Waals surface area contributed by atoms with Gasteiger partial charge in [-0.05, 0) is 25.2 Å². The highest BCUT2D eigenvalue weighted by molar-refractivity contribution is 5.39. The van der Waals surface area contributed by atoms with Crippen LogP contribution in [0.1, 0.15) is 11.3 Å². The summed E-state index contributed by atoms with van der Waals surface area (Å²) >= 11 is 0. The fourth-order valence-corrected chi connectivity index (χ4v) is 1.72. The van der Waals surface area contributed by atoms with E-state index in [1.165, 1.54) is 0 Å². The van der Waals surface area contributed by atoms with Crippen molar-refractivity contribution < 1.29 is 13.9 Å². The molecule has 1 N–H and O–H groups in total. The molecule has 0 saturated carbocycles. The summed E-state index contributed by atoms with van der Waals surface area (Å²) in [6.45, 7) is 1.16. The van der Waals surface area contributed by atoms with Gasteiger partial charge in [0.15, 0.2) is 11.5 Å². The molecule has 0 spiro atoms. The minimum Gasteiger partial charge on any atom is -0.493 e. The fraction of sp³-hybridized carbons (Fsp3) is 0.286. The van der Waals surface area contributed by atoms with E-state index in [0.717, 1.165) is 23.6 Å². The first-order valence-corrected chi connectivity index (χ1v) is 5.81. The van der Waals surface area contributed by atoms with Crippen LogP contribution in [0.5, 0.6) is 11.5 Å². The van der Waals surface area contributed by atoms with E-state index < -0.39 is 0 Å². The molecule has 0 fully saturated rings. The first-order valence-electron chi connectivity index (χ1n) is 5.81. The van der Waals surface area contributed by atoms with Crippen molar-refractivity contribution in [3.05, 3.63) is 47.9 Å². The lowest BCUT2D eigenvalue weighted by Gasteiger charge is -2.09. The van der Waals surface area contributed by atoms with Gasteiger partial charge < -0.3 is 19.2 Å². The van der Waals surface area contributed by atoms with E-state index in [0.29, 0.717) is 12.4 Å². The molecule has 1 heterocycles. The molecule has 2 rings (SSSR count). The summed E-state index contributed by atoms with van der Waals surface area (Å²) in [6, 6.07) is 9.50. The van der Waals surface area contributed by atoms with Crippen molar-refractivity contribution in [2.24, 2.45) is 0 Å². The molecule has 4 nitrogen and oxygen atoms in total. The molecular formula is C14H17NO3. The molecule has 4 heteroatoms. The SMILES string of the molecule is CNCc1ccoc1COc1ccccc1OC. The number of hydrogen-bond donors (Lipinski definition) is 1. The quantitative estimate of drug-likeness (QED) is 0.852. The molecule has 2 aromatic rings. The first kappa shape index (κ1) is 12.5. The van der Waals surface area contributed by atoms with E-state index in [1.54, 1.807) is 13.4 Å². The second-order valence-electron chi connectivity index (χ2n) is 3.84. The molecule has 1 aromatic carbocycles. The number of rotatable bonds is 6. The Balaban J connectivity index is 2.04. The Bertz CT molecular complexity index is 493. The van der Waals surface area contributed by atoms with E-state index in [9.17, 15) is 0 Å². The molecule has 1 aromatic heterocycles. The largest absolute Gasteiger partial charge is 0.493 e. The highest BCUT2D eigenvalue weighted by Gasteiger charge is 2.08. The van der Waals surface area contributed by atoms with Gasteiger partial charge in [-0.25, -0.2) is 0 Å². The Labute approximate surface area is 107 Å². The molecule has 0 radical (unpaired) electrons. The zero-order valence-electron chi connectivity index (χ0n) is 10.6. The summed E-state index contributed by atoms with van der Waals surface area (Å²) < 4.78 is 16.3. The van der Waals surface area contributed by atoms with E-state index >= 15 is 0 Å². The Morgan fingerprint density at radius 2 is 1.94 bits per heavy atom. The van der Waals surface area contributed by atoms with Gasteiger partial charge in [0.1, 0.15) is 12.4 Å². The van der Waals surface area contributed by atoms with Gasteiger partial charge in [0, 0.05) is 12.1 Å². The molecule has 0 aliphatic carbocycles. The first-order chi connectivity index (χ1) is 8.85. The van der Waals surface area contributed by atoms with Gasteiger partial charge in [-0.2, -0.15) is 0 Å². The van der Waals surface area contributed by atoms with Crippen LogP contribution in [0.25, 0.3) is 0 Å². The minimum absolute atomic E-state index is 0.393. The summed E-state index contributed by atoms with van der Waals surface area (Å²) in [6.07, 6.45) is 1.67. The van der Waals surface area contributed by atoms with E-state index in [1.807, 2.05) is 37.4 Å². The molecule has 96 valence electrons. The number of nitrogens with one attached hydrogen (secondary N) is 1. The van der Waals surface area contributed by atoms with Crippen LogP contribution in [0.4, 0.5) is 0 Å². The third kappa shape index (κ3) is 2.84. The highest BCUT2D eigenvalue weighted by atomic mass is 16.5. The molecule has 0 bridgehead atoms. The van der Waals surface area contributed by atoms with Gasteiger partial charge in [0.05, 0.1) is 13.4 Å². The molecule has 18 heavy (non-hydrogen) atoms. The number of hydrogen-bond acceptors (Lipinski definition) is 4. The smallest absolute Gasteiger partial charge is 0.161 e. The average molecular weight is 247 g/mol. The number of furan rings is 1. The van der Waals surface area contributed by atoms with Crippen molar-refractivity contribution in [3.8, 4) is 11.5 Å². The zero-order chi connectivity index (χ0) is 12.8. The second kappa shape index (κ2) is 6.12. The van der Waals surface area contributed by atoms with Crippen LogP contribution >= 0.6 is 0 Å². The number of para-hydroxylation sites is 2. The lowest BCUT2D eigenvalue weighted by Crippen LogP contribution is -2.07. The van der Waals surface area contributed by atoms with E-state index in [-0.39, 0.29) is 0 Å².